The molecular formula is C15H24ClNO3S. The van der Waals surface area contributed by atoms with Crippen LogP contribution in [0.1, 0.15) is 24.6 Å². The van der Waals surface area contributed by atoms with Gasteiger partial charge in [-0.1, -0.05) is 18.5 Å². The first-order valence-electron chi connectivity index (χ1n) is 7.51. The first-order chi connectivity index (χ1) is 10.2. The van der Waals surface area contributed by atoms with E-state index < -0.39 is 6.10 Å². The maximum atomic E-state index is 10.1. The van der Waals surface area contributed by atoms with Crippen LogP contribution in [0.5, 0.6) is 0 Å². The quantitative estimate of drug-likeness (QED) is 0.794. The van der Waals surface area contributed by atoms with Gasteiger partial charge in [0.15, 0.2) is 0 Å². The fraction of sp³-hybridized carbons (Fsp3) is 0.733. The number of hydrogen-bond acceptors (Lipinski definition) is 5. The lowest BCUT2D eigenvalue weighted by Gasteiger charge is -2.26. The molecule has 0 aromatic carbocycles. The third-order valence-electron chi connectivity index (χ3n) is 3.62. The summed E-state index contributed by atoms with van der Waals surface area (Å²) in [6, 6.07) is 3.96. The summed E-state index contributed by atoms with van der Waals surface area (Å²) >= 11 is 7.54. The van der Waals surface area contributed by atoms with Gasteiger partial charge >= 0.3 is 0 Å². The summed E-state index contributed by atoms with van der Waals surface area (Å²) < 4.78 is 11.9. The van der Waals surface area contributed by atoms with Crippen molar-refractivity contribution in [2.75, 3.05) is 32.9 Å². The summed E-state index contributed by atoms with van der Waals surface area (Å²) in [5.74, 6) is 0. The van der Waals surface area contributed by atoms with Crippen molar-refractivity contribution in [3.63, 3.8) is 0 Å². The number of thiophene rings is 1. The summed E-state index contributed by atoms with van der Waals surface area (Å²) in [5, 5.41) is 10.1. The molecule has 1 aromatic rings. The van der Waals surface area contributed by atoms with E-state index in [0.29, 0.717) is 13.2 Å². The zero-order valence-corrected chi connectivity index (χ0v) is 14.0. The smallest absolute Gasteiger partial charge is 0.0931 e. The third kappa shape index (κ3) is 6.22. The molecule has 6 heteroatoms. The second-order valence-electron chi connectivity index (χ2n) is 5.33. The Balaban J connectivity index is 1.70. The molecule has 0 aliphatic carbocycles. The van der Waals surface area contributed by atoms with Gasteiger partial charge in [0.05, 0.1) is 23.2 Å². The fourth-order valence-corrected chi connectivity index (χ4v) is 3.53. The number of aliphatic hydroxyl groups excluding tert-OH is 1. The van der Waals surface area contributed by atoms with E-state index in [-0.39, 0.29) is 6.10 Å². The van der Waals surface area contributed by atoms with Crippen molar-refractivity contribution in [2.45, 2.75) is 38.5 Å². The second kappa shape index (κ2) is 9.08. The molecule has 120 valence electrons. The Kier molecular flexibility index (Phi) is 7.43. The van der Waals surface area contributed by atoms with Gasteiger partial charge in [-0.3, -0.25) is 4.90 Å². The van der Waals surface area contributed by atoms with Crippen LogP contribution in [-0.2, 0) is 16.0 Å². The van der Waals surface area contributed by atoms with Crippen LogP contribution >= 0.6 is 22.9 Å². The minimum atomic E-state index is -0.455. The largest absolute Gasteiger partial charge is 0.389 e. The van der Waals surface area contributed by atoms with E-state index in [2.05, 4.69) is 11.8 Å². The van der Waals surface area contributed by atoms with Crippen LogP contribution in [0.25, 0.3) is 0 Å². The zero-order chi connectivity index (χ0) is 15.1. The molecule has 0 saturated carbocycles. The molecule has 1 fully saturated rings. The Bertz CT molecular complexity index is 409. The van der Waals surface area contributed by atoms with Gasteiger partial charge in [-0.2, -0.15) is 0 Å². The van der Waals surface area contributed by atoms with Crippen LogP contribution in [0.3, 0.4) is 0 Å². The van der Waals surface area contributed by atoms with Gasteiger partial charge in [0, 0.05) is 31.2 Å². The normalized spacial score (nSPS) is 18.3. The van der Waals surface area contributed by atoms with E-state index in [9.17, 15) is 5.11 Å². The predicted molar refractivity (Wildman–Crippen MR) is 86.1 cm³/mol. The van der Waals surface area contributed by atoms with Crippen LogP contribution < -0.4 is 0 Å². The number of rotatable bonds is 8. The first-order valence-corrected chi connectivity index (χ1v) is 8.70. The minimum Gasteiger partial charge on any atom is -0.389 e. The lowest BCUT2D eigenvalue weighted by atomic mass is 10.1. The van der Waals surface area contributed by atoms with Crippen molar-refractivity contribution in [3.05, 3.63) is 21.3 Å². The number of halogens is 1. The molecule has 1 aliphatic rings. The number of ether oxygens (including phenoxy) is 2. The number of likely N-dealkylation sites (N-methyl/N-ethyl adjacent to an activating group) is 1. The maximum absolute atomic E-state index is 10.1. The summed E-state index contributed by atoms with van der Waals surface area (Å²) in [6.45, 7) is 6.36. The Morgan fingerprint density at radius 3 is 2.86 bits per heavy atom. The first kappa shape index (κ1) is 17.2. The average molecular weight is 334 g/mol. The fourth-order valence-electron chi connectivity index (χ4n) is 2.40. The monoisotopic (exact) mass is 333 g/mol. The van der Waals surface area contributed by atoms with Gasteiger partial charge in [-0.15, -0.1) is 11.3 Å². The summed E-state index contributed by atoms with van der Waals surface area (Å²) in [5.41, 5.74) is 0. The highest BCUT2D eigenvalue weighted by atomic mass is 35.5. The van der Waals surface area contributed by atoms with Crippen molar-refractivity contribution in [2.24, 2.45) is 0 Å². The van der Waals surface area contributed by atoms with E-state index in [0.717, 1.165) is 43.5 Å². The molecular weight excluding hydrogens is 310 g/mol. The van der Waals surface area contributed by atoms with Crippen LogP contribution in [0, 0.1) is 0 Å². The lowest BCUT2D eigenvalue weighted by molar-refractivity contribution is -0.0642. The number of nitrogens with zero attached hydrogens (tertiary/aromatic N) is 1. The van der Waals surface area contributed by atoms with E-state index in [1.165, 1.54) is 4.88 Å². The van der Waals surface area contributed by atoms with Gasteiger partial charge in [-0.05, 0) is 31.5 Å². The SMILES string of the molecule is CCN(Cc1ccc(Cl)s1)CC(O)COC1CCOCC1. The van der Waals surface area contributed by atoms with E-state index in [4.69, 9.17) is 21.1 Å². The molecule has 1 aliphatic heterocycles. The van der Waals surface area contributed by atoms with Crippen LogP contribution in [0.4, 0.5) is 0 Å². The predicted octanol–water partition coefficient (Wildman–Crippen LogP) is 2.78. The van der Waals surface area contributed by atoms with Crippen molar-refractivity contribution in [1.82, 2.24) is 4.90 Å². The van der Waals surface area contributed by atoms with Crippen LogP contribution in [0.15, 0.2) is 12.1 Å². The van der Waals surface area contributed by atoms with E-state index in [1.54, 1.807) is 11.3 Å². The highest BCUT2D eigenvalue weighted by molar-refractivity contribution is 7.16. The number of hydrogen-bond donors (Lipinski definition) is 1. The molecule has 0 bridgehead atoms. The Morgan fingerprint density at radius 1 is 1.48 bits per heavy atom. The molecule has 0 radical (unpaired) electrons. The molecule has 1 unspecified atom stereocenters. The molecule has 4 nitrogen and oxygen atoms in total. The second-order valence-corrected chi connectivity index (χ2v) is 7.13. The Labute approximate surface area is 135 Å². The molecule has 1 N–H and O–H groups in total. The minimum absolute atomic E-state index is 0.236. The maximum Gasteiger partial charge on any atom is 0.0931 e. The molecule has 2 heterocycles. The molecule has 1 atom stereocenters. The van der Waals surface area contributed by atoms with Crippen molar-refractivity contribution in [1.29, 1.82) is 0 Å². The Hall–Kier alpha value is -0.170. The molecule has 1 aromatic heterocycles. The van der Waals surface area contributed by atoms with Gasteiger partial charge in [0.2, 0.25) is 0 Å². The molecule has 0 amide bonds. The van der Waals surface area contributed by atoms with Crippen LogP contribution in [0.2, 0.25) is 4.34 Å². The van der Waals surface area contributed by atoms with Crippen molar-refractivity contribution < 1.29 is 14.6 Å². The van der Waals surface area contributed by atoms with Crippen molar-refractivity contribution >= 4 is 22.9 Å². The van der Waals surface area contributed by atoms with Gasteiger partial charge in [0.25, 0.3) is 0 Å². The zero-order valence-electron chi connectivity index (χ0n) is 12.5. The van der Waals surface area contributed by atoms with E-state index in [1.807, 2.05) is 12.1 Å². The number of aliphatic hydroxyl groups is 1. The van der Waals surface area contributed by atoms with Crippen molar-refractivity contribution in [3.8, 4) is 0 Å². The topological polar surface area (TPSA) is 41.9 Å². The molecule has 0 spiro atoms. The highest BCUT2D eigenvalue weighted by Crippen LogP contribution is 2.22. The van der Waals surface area contributed by atoms with Gasteiger partial charge in [-0.25, -0.2) is 0 Å². The summed E-state index contributed by atoms with van der Waals surface area (Å²) in [4.78, 5) is 3.43. The molecule has 1 saturated heterocycles. The van der Waals surface area contributed by atoms with Gasteiger partial charge < -0.3 is 14.6 Å². The standard InChI is InChI=1S/C15H24ClNO3S/c1-2-17(10-14-3-4-15(16)21-14)9-12(18)11-20-13-5-7-19-8-6-13/h3-4,12-13,18H,2,5-11H2,1H3. The van der Waals surface area contributed by atoms with Gasteiger partial charge in [0.1, 0.15) is 0 Å². The Morgan fingerprint density at radius 2 is 2.24 bits per heavy atom. The summed E-state index contributed by atoms with van der Waals surface area (Å²) in [7, 11) is 0. The molecule has 2 rings (SSSR count). The molecule has 21 heavy (non-hydrogen) atoms. The van der Waals surface area contributed by atoms with E-state index >= 15 is 0 Å². The average Bonchev–Trinajstić information content (AvgIpc) is 2.90. The van der Waals surface area contributed by atoms with Crippen LogP contribution in [-0.4, -0.2) is 55.1 Å². The lowest BCUT2D eigenvalue weighted by Crippen LogP contribution is -2.36. The third-order valence-corrected chi connectivity index (χ3v) is 4.83. The highest BCUT2D eigenvalue weighted by Gasteiger charge is 2.17. The summed E-state index contributed by atoms with van der Waals surface area (Å²) in [6.07, 6.45) is 1.64.